The van der Waals surface area contributed by atoms with E-state index in [1.54, 1.807) is 16.9 Å². The first kappa shape index (κ1) is 14.0. The van der Waals surface area contributed by atoms with Gasteiger partial charge in [-0.15, -0.1) is 0 Å². The maximum absolute atomic E-state index is 14.0. The number of hydrogen-bond acceptors (Lipinski definition) is 3. The molecule has 0 N–H and O–H groups in total. The van der Waals surface area contributed by atoms with Crippen LogP contribution >= 0.6 is 0 Å². The number of hydrogen-bond donors (Lipinski definition) is 0. The van der Waals surface area contributed by atoms with Gasteiger partial charge in [-0.3, -0.25) is 9.67 Å². The molecule has 0 bridgehead atoms. The van der Waals surface area contributed by atoms with Crippen LogP contribution in [0.1, 0.15) is 18.9 Å². The molecule has 0 aliphatic heterocycles. The summed E-state index contributed by atoms with van der Waals surface area (Å²) < 4.78 is 29.1. The third kappa shape index (κ3) is 2.30. The van der Waals surface area contributed by atoms with E-state index in [1.165, 1.54) is 18.3 Å². The fourth-order valence-electron chi connectivity index (χ4n) is 2.84. The molecule has 116 valence electrons. The second-order valence-corrected chi connectivity index (χ2v) is 5.78. The van der Waals surface area contributed by atoms with Gasteiger partial charge in [0.15, 0.2) is 11.6 Å². The molecule has 3 aromatic rings. The van der Waals surface area contributed by atoms with Crippen molar-refractivity contribution in [3.05, 3.63) is 48.3 Å². The average molecular weight is 313 g/mol. The number of rotatable bonds is 4. The molecule has 0 saturated heterocycles. The van der Waals surface area contributed by atoms with Crippen molar-refractivity contribution in [2.45, 2.75) is 18.9 Å². The zero-order valence-corrected chi connectivity index (χ0v) is 12.1. The van der Waals surface area contributed by atoms with Crippen molar-refractivity contribution >= 4 is 17.3 Å². The molecule has 2 aromatic heterocycles. The zero-order valence-electron chi connectivity index (χ0n) is 12.1. The highest BCUT2D eigenvalue weighted by Gasteiger charge is 2.33. The van der Waals surface area contributed by atoms with Gasteiger partial charge in [-0.1, -0.05) is 12.1 Å². The van der Waals surface area contributed by atoms with Gasteiger partial charge in [0.25, 0.3) is 0 Å². The van der Waals surface area contributed by atoms with Crippen LogP contribution in [0.15, 0.2) is 36.7 Å². The smallest absolute Gasteiger partial charge is 0.166 e. The molecule has 1 aliphatic carbocycles. The topological polar surface area (TPSA) is 47.8 Å². The molecule has 1 fully saturated rings. The molecule has 4 rings (SSSR count). The molecule has 0 spiro atoms. The van der Waals surface area contributed by atoms with Crippen molar-refractivity contribution < 1.29 is 13.6 Å². The van der Waals surface area contributed by atoms with Crippen molar-refractivity contribution in [2.75, 3.05) is 0 Å². The van der Waals surface area contributed by atoms with Gasteiger partial charge in [0, 0.05) is 17.3 Å². The maximum Gasteiger partial charge on any atom is 0.166 e. The predicted molar refractivity (Wildman–Crippen MR) is 80.7 cm³/mol. The standard InChI is InChI=1S/C17H13F2N3O/c18-13-3-1-2-12(17(13)19)11-6-15-14(20-7-11)8-21-22(15)16(9-23)10-4-5-10/h1-3,6-10,16H,4-5H2/t16-/m1/s1. The second-order valence-electron chi connectivity index (χ2n) is 5.78. The molecular weight excluding hydrogens is 300 g/mol. The second kappa shape index (κ2) is 5.22. The highest BCUT2D eigenvalue weighted by Crippen LogP contribution is 2.39. The Kier molecular flexibility index (Phi) is 3.18. The number of aldehydes is 1. The minimum Gasteiger partial charge on any atom is -0.301 e. The lowest BCUT2D eigenvalue weighted by Crippen LogP contribution is -2.13. The van der Waals surface area contributed by atoms with Crippen LogP contribution in [0.5, 0.6) is 0 Å². The fraction of sp³-hybridized carbons (Fsp3) is 0.235. The van der Waals surface area contributed by atoms with Crippen molar-refractivity contribution in [2.24, 2.45) is 5.92 Å². The van der Waals surface area contributed by atoms with E-state index < -0.39 is 11.6 Å². The summed E-state index contributed by atoms with van der Waals surface area (Å²) in [5.41, 5.74) is 1.87. The van der Waals surface area contributed by atoms with E-state index in [2.05, 4.69) is 10.1 Å². The Morgan fingerprint density at radius 3 is 2.83 bits per heavy atom. The molecule has 1 saturated carbocycles. The van der Waals surface area contributed by atoms with Gasteiger partial charge in [0.2, 0.25) is 0 Å². The first-order valence-corrected chi connectivity index (χ1v) is 7.42. The molecule has 0 amide bonds. The molecule has 1 aliphatic rings. The highest BCUT2D eigenvalue weighted by molar-refractivity contribution is 5.81. The molecular formula is C17H13F2N3O. The number of nitrogens with zero attached hydrogens (tertiary/aromatic N) is 3. The Hall–Kier alpha value is -2.63. The van der Waals surface area contributed by atoms with Gasteiger partial charge in [-0.05, 0) is 30.9 Å². The summed E-state index contributed by atoms with van der Waals surface area (Å²) in [4.78, 5) is 15.6. The highest BCUT2D eigenvalue weighted by atomic mass is 19.2. The maximum atomic E-state index is 14.0. The quantitative estimate of drug-likeness (QED) is 0.692. The van der Waals surface area contributed by atoms with Gasteiger partial charge in [0.05, 0.1) is 11.7 Å². The van der Waals surface area contributed by atoms with Crippen molar-refractivity contribution in [3.8, 4) is 11.1 Å². The van der Waals surface area contributed by atoms with Crippen molar-refractivity contribution in [1.82, 2.24) is 14.8 Å². The normalized spacial score (nSPS) is 15.7. The number of fused-ring (bicyclic) bond motifs is 1. The van der Waals surface area contributed by atoms with Crippen LogP contribution in [0.4, 0.5) is 8.78 Å². The Morgan fingerprint density at radius 2 is 2.09 bits per heavy atom. The number of halogens is 2. The molecule has 0 unspecified atom stereocenters. The number of benzene rings is 1. The minimum absolute atomic E-state index is 0.140. The van der Waals surface area contributed by atoms with Gasteiger partial charge in [-0.2, -0.15) is 5.10 Å². The van der Waals surface area contributed by atoms with E-state index in [1.807, 2.05) is 0 Å². The Bertz CT molecular complexity index is 902. The van der Waals surface area contributed by atoms with Crippen LogP contribution < -0.4 is 0 Å². The van der Waals surface area contributed by atoms with E-state index >= 15 is 0 Å². The van der Waals surface area contributed by atoms with Gasteiger partial charge in [0.1, 0.15) is 17.8 Å². The van der Waals surface area contributed by atoms with Crippen molar-refractivity contribution in [1.29, 1.82) is 0 Å². The molecule has 1 aromatic carbocycles. The molecule has 6 heteroatoms. The largest absolute Gasteiger partial charge is 0.301 e. The third-order valence-corrected chi connectivity index (χ3v) is 4.24. The summed E-state index contributed by atoms with van der Waals surface area (Å²) in [7, 11) is 0. The van der Waals surface area contributed by atoms with E-state index in [9.17, 15) is 13.6 Å². The number of carbonyl (C=O) groups excluding carboxylic acids is 1. The summed E-state index contributed by atoms with van der Waals surface area (Å²) in [5.74, 6) is -1.51. The first-order chi connectivity index (χ1) is 11.2. The minimum atomic E-state index is -0.908. The molecule has 4 nitrogen and oxygen atoms in total. The first-order valence-electron chi connectivity index (χ1n) is 7.42. The van der Waals surface area contributed by atoms with E-state index in [0.29, 0.717) is 22.5 Å². The number of carbonyl (C=O) groups is 1. The van der Waals surface area contributed by atoms with E-state index in [-0.39, 0.29) is 11.6 Å². The van der Waals surface area contributed by atoms with Crippen LogP contribution in [0, 0.1) is 17.6 Å². The van der Waals surface area contributed by atoms with Crippen molar-refractivity contribution in [3.63, 3.8) is 0 Å². The van der Waals surface area contributed by atoms with E-state index in [0.717, 1.165) is 25.2 Å². The summed E-state index contributed by atoms with van der Waals surface area (Å²) in [6.45, 7) is 0. The van der Waals surface area contributed by atoms with Gasteiger partial charge >= 0.3 is 0 Å². The van der Waals surface area contributed by atoms with Crippen LogP contribution in [0.3, 0.4) is 0 Å². The van der Waals surface area contributed by atoms with Crippen LogP contribution in [0.25, 0.3) is 22.2 Å². The Morgan fingerprint density at radius 1 is 1.26 bits per heavy atom. The molecule has 0 radical (unpaired) electrons. The SMILES string of the molecule is O=C[C@H](C1CC1)n1ncc2ncc(-c3cccc(F)c3F)cc21. The van der Waals surface area contributed by atoms with Gasteiger partial charge in [-0.25, -0.2) is 8.78 Å². The number of pyridine rings is 1. The van der Waals surface area contributed by atoms with Crippen LogP contribution in [-0.4, -0.2) is 21.1 Å². The average Bonchev–Trinajstić information content (AvgIpc) is 3.31. The molecule has 2 heterocycles. The summed E-state index contributed by atoms with van der Waals surface area (Å²) >= 11 is 0. The monoisotopic (exact) mass is 313 g/mol. The molecule has 23 heavy (non-hydrogen) atoms. The Labute approximate surface area is 130 Å². The van der Waals surface area contributed by atoms with Crippen LogP contribution in [0.2, 0.25) is 0 Å². The van der Waals surface area contributed by atoms with Gasteiger partial charge < -0.3 is 4.79 Å². The zero-order chi connectivity index (χ0) is 16.0. The molecule has 1 atom stereocenters. The summed E-state index contributed by atoms with van der Waals surface area (Å²) in [6, 6.07) is 5.39. The van der Waals surface area contributed by atoms with E-state index in [4.69, 9.17) is 0 Å². The lowest BCUT2D eigenvalue weighted by molar-refractivity contribution is -0.111. The third-order valence-electron chi connectivity index (χ3n) is 4.24. The fourth-order valence-corrected chi connectivity index (χ4v) is 2.84. The predicted octanol–water partition coefficient (Wildman–Crippen LogP) is 3.53. The lowest BCUT2D eigenvalue weighted by Gasteiger charge is -2.11. The number of aromatic nitrogens is 3. The summed E-state index contributed by atoms with van der Waals surface area (Å²) in [6.07, 6.45) is 5.95. The lowest BCUT2D eigenvalue weighted by atomic mass is 10.1. The Balaban J connectivity index is 1.86. The van der Waals surface area contributed by atoms with Crippen LogP contribution in [-0.2, 0) is 4.79 Å². The summed E-state index contributed by atoms with van der Waals surface area (Å²) in [5, 5.41) is 4.26.